The number of rotatable bonds is 15. The molecule has 5 rings (SSSR count). The van der Waals surface area contributed by atoms with Crippen molar-refractivity contribution in [2.75, 3.05) is 33.4 Å². The molecule has 1 aliphatic carbocycles. The quantitative estimate of drug-likeness (QED) is 0.160. The lowest BCUT2D eigenvalue weighted by molar-refractivity contribution is 0.0418. The third-order valence-electron chi connectivity index (χ3n) is 7.32. The summed E-state index contributed by atoms with van der Waals surface area (Å²) in [4.78, 5) is 24.2. The molecule has 3 N–H and O–H groups in total. The summed E-state index contributed by atoms with van der Waals surface area (Å²) in [6.07, 6.45) is 1.84. The Balaban J connectivity index is 1.21. The van der Waals surface area contributed by atoms with E-state index in [9.17, 15) is 27.5 Å². The second kappa shape index (κ2) is 13.7. The summed E-state index contributed by atoms with van der Waals surface area (Å²) in [5.41, 5.74) is 3.40. The van der Waals surface area contributed by atoms with Gasteiger partial charge in [-0.15, -0.1) is 0 Å². The molecular formula is C32H33FN2O8S. The van der Waals surface area contributed by atoms with Crippen molar-refractivity contribution in [3.8, 4) is 11.3 Å². The lowest BCUT2D eigenvalue weighted by Gasteiger charge is -2.12. The smallest absolute Gasteiger partial charge is 0.336 e. The zero-order chi connectivity index (χ0) is 31.3. The SMILES string of the molecule is CNC(=O)c1c(-c2ccc(F)cc2)oc2cc(CS(=O)(=O)NCCOCCOCc3ccccc3C(=O)O)c(C3CC3)cc12. The van der Waals surface area contributed by atoms with Gasteiger partial charge in [0.25, 0.3) is 5.91 Å². The third kappa shape index (κ3) is 7.51. The molecule has 1 saturated carbocycles. The minimum absolute atomic E-state index is 0.0570. The molecule has 0 bridgehead atoms. The van der Waals surface area contributed by atoms with Gasteiger partial charge in [-0.05, 0) is 77.9 Å². The van der Waals surface area contributed by atoms with Crippen molar-refractivity contribution < 1.29 is 41.4 Å². The normalized spacial score (nSPS) is 13.3. The Labute approximate surface area is 254 Å². The molecule has 1 fully saturated rings. The first-order valence-corrected chi connectivity index (χ1v) is 15.8. The molecule has 1 heterocycles. The third-order valence-corrected chi connectivity index (χ3v) is 8.65. The van der Waals surface area contributed by atoms with Crippen LogP contribution in [-0.4, -0.2) is 58.8 Å². The Hall–Kier alpha value is -4.10. The Morgan fingerprint density at radius 3 is 2.43 bits per heavy atom. The fraction of sp³-hybridized carbons (Fsp3) is 0.312. The highest BCUT2D eigenvalue weighted by Gasteiger charge is 2.31. The summed E-state index contributed by atoms with van der Waals surface area (Å²) in [5, 5.41) is 12.4. The topological polar surface area (TPSA) is 144 Å². The molecule has 3 aromatic carbocycles. The summed E-state index contributed by atoms with van der Waals surface area (Å²) in [6, 6.07) is 15.7. The fourth-order valence-corrected chi connectivity index (χ4v) is 6.19. The van der Waals surface area contributed by atoms with Crippen molar-refractivity contribution in [2.24, 2.45) is 0 Å². The van der Waals surface area contributed by atoms with Crippen molar-refractivity contribution in [3.63, 3.8) is 0 Å². The number of fused-ring (bicyclic) bond motifs is 1. The Morgan fingerprint density at radius 1 is 1.00 bits per heavy atom. The number of ether oxygens (including phenoxy) is 2. The number of nitrogens with one attached hydrogen (secondary N) is 2. The number of sulfonamides is 1. The maximum Gasteiger partial charge on any atom is 0.336 e. The summed E-state index contributed by atoms with van der Waals surface area (Å²) >= 11 is 0. The number of aromatic carboxylic acids is 1. The molecule has 0 radical (unpaired) electrons. The van der Waals surface area contributed by atoms with Crippen molar-refractivity contribution >= 4 is 32.9 Å². The first-order chi connectivity index (χ1) is 21.2. The molecule has 0 aliphatic heterocycles. The van der Waals surface area contributed by atoms with E-state index >= 15 is 0 Å². The average Bonchev–Trinajstić information content (AvgIpc) is 3.78. The van der Waals surface area contributed by atoms with Crippen molar-refractivity contribution in [1.29, 1.82) is 0 Å². The van der Waals surface area contributed by atoms with Crippen LogP contribution in [-0.2, 0) is 31.9 Å². The van der Waals surface area contributed by atoms with E-state index in [0.717, 1.165) is 18.4 Å². The summed E-state index contributed by atoms with van der Waals surface area (Å²) in [6.45, 7) is 0.728. The van der Waals surface area contributed by atoms with Crippen LogP contribution in [0.15, 0.2) is 65.1 Å². The van der Waals surface area contributed by atoms with Crippen LogP contribution in [0.3, 0.4) is 0 Å². The predicted molar refractivity (Wildman–Crippen MR) is 161 cm³/mol. The lowest BCUT2D eigenvalue weighted by atomic mass is 9.98. The second-order valence-corrected chi connectivity index (χ2v) is 12.3. The van der Waals surface area contributed by atoms with E-state index in [1.165, 1.54) is 37.4 Å². The minimum atomic E-state index is -3.74. The van der Waals surface area contributed by atoms with Gasteiger partial charge >= 0.3 is 5.97 Å². The molecular weight excluding hydrogens is 591 g/mol. The maximum absolute atomic E-state index is 13.6. The number of hydrogen-bond acceptors (Lipinski definition) is 7. The fourth-order valence-electron chi connectivity index (χ4n) is 5.04. The predicted octanol–water partition coefficient (Wildman–Crippen LogP) is 4.83. The van der Waals surface area contributed by atoms with E-state index in [4.69, 9.17) is 13.9 Å². The first kappa shape index (κ1) is 31.3. The molecule has 0 unspecified atom stereocenters. The van der Waals surface area contributed by atoms with Crippen LogP contribution in [0, 0.1) is 5.82 Å². The molecule has 1 aliphatic rings. The Kier molecular flexibility index (Phi) is 9.74. The molecule has 12 heteroatoms. The van der Waals surface area contributed by atoms with Crippen LogP contribution in [0.4, 0.5) is 4.39 Å². The van der Waals surface area contributed by atoms with Gasteiger partial charge in [0.15, 0.2) is 0 Å². The molecule has 0 spiro atoms. The average molecular weight is 625 g/mol. The van der Waals surface area contributed by atoms with E-state index in [-0.39, 0.29) is 61.9 Å². The largest absolute Gasteiger partial charge is 0.478 e. The van der Waals surface area contributed by atoms with Gasteiger partial charge in [0, 0.05) is 24.5 Å². The van der Waals surface area contributed by atoms with Gasteiger partial charge in [-0.25, -0.2) is 22.3 Å². The number of carboxylic acid groups (broad SMARTS) is 1. The zero-order valence-corrected chi connectivity index (χ0v) is 24.9. The van der Waals surface area contributed by atoms with Crippen LogP contribution in [0.5, 0.6) is 0 Å². The monoisotopic (exact) mass is 624 g/mol. The summed E-state index contributed by atoms with van der Waals surface area (Å²) in [7, 11) is -2.22. The molecule has 10 nitrogen and oxygen atoms in total. The first-order valence-electron chi connectivity index (χ1n) is 14.2. The van der Waals surface area contributed by atoms with Gasteiger partial charge in [-0.3, -0.25) is 4.79 Å². The Morgan fingerprint density at radius 2 is 1.73 bits per heavy atom. The highest BCUT2D eigenvalue weighted by atomic mass is 32.2. The zero-order valence-electron chi connectivity index (χ0n) is 24.1. The summed E-state index contributed by atoms with van der Waals surface area (Å²) < 4.78 is 59.2. The van der Waals surface area contributed by atoms with E-state index in [1.54, 1.807) is 24.3 Å². The minimum Gasteiger partial charge on any atom is -0.478 e. The van der Waals surface area contributed by atoms with Gasteiger partial charge in [0.1, 0.15) is 17.2 Å². The summed E-state index contributed by atoms with van der Waals surface area (Å²) in [5.74, 6) is -1.60. The molecule has 44 heavy (non-hydrogen) atoms. The van der Waals surface area contributed by atoms with Crippen molar-refractivity contribution in [2.45, 2.75) is 31.1 Å². The number of carbonyl (C=O) groups is 2. The standard InChI is InChI=1S/C32H33FN2O8S/c1-34-31(36)29-27-17-26(20-6-7-20)23(16-28(27)43-30(29)21-8-10-24(33)11-9-21)19-44(39,40)35-12-13-41-14-15-42-18-22-4-2-3-5-25(22)32(37)38/h2-5,8-11,16-17,20,35H,6-7,12-15,18-19H2,1H3,(H,34,36)(H,37,38). The van der Waals surface area contributed by atoms with Gasteiger partial charge in [0.2, 0.25) is 10.0 Å². The number of benzene rings is 3. The highest BCUT2D eigenvalue weighted by molar-refractivity contribution is 7.88. The van der Waals surface area contributed by atoms with Crippen LogP contribution < -0.4 is 10.0 Å². The van der Waals surface area contributed by atoms with Gasteiger partial charge in [-0.2, -0.15) is 0 Å². The highest BCUT2D eigenvalue weighted by Crippen LogP contribution is 2.45. The van der Waals surface area contributed by atoms with Gasteiger partial charge < -0.3 is 24.3 Å². The lowest BCUT2D eigenvalue weighted by Crippen LogP contribution is -2.29. The van der Waals surface area contributed by atoms with Crippen LogP contribution in [0.1, 0.15) is 56.2 Å². The van der Waals surface area contributed by atoms with E-state index in [0.29, 0.717) is 33.2 Å². The van der Waals surface area contributed by atoms with E-state index in [2.05, 4.69) is 10.0 Å². The van der Waals surface area contributed by atoms with Crippen molar-refractivity contribution in [1.82, 2.24) is 10.0 Å². The van der Waals surface area contributed by atoms with E-state index < -0.39 is 21.8 Å². The number of hydrogen-bond donors (Lipinski definition) is 3. The maximum atomic E-state index is 13.6. The van der Waals surface area contributed by atoms with Crippen LogP contribution in [0.25, 0.3) is 22.3 Å². The molecule has 0 saturated heterocycles. The second-order valence-electron chi connectivity index (χ2n) is 10.5. The van der Waals surface area contributed by atoms with Crippen molar-refractivity contribution in [3.05, 3.63) is 94.3 Å². The number of halogens is 1. The van der Waals surface area contributed by atoms with Gasteiger partial charge in [0.05, 0.1) is 43.3 Å². The molecule has 4 aromatic rings. The molecule has 232 valence electrons. The Bertz CT molecular complexity index is 1770. The number of amides is 1. The van der Waals surface area contributed by atoms with Crippen LogP contribution in [0.2, 0.25) is 0 Å². The number of carboxylic acids is 1. The number of carbonyl (C=O) groups excluding carboxylic acids is 1. The number of furan rings is 1. The molecule has 1 aromatic heterocycles. The molecule has 1 amide bonds. The van der Waals surface area contributed by atoms with Gasteiger partial charge in [-0.1, -0.05) is 18.2 Å². The van der Waals surface area contributed by atoms with Crippen LogP contribution >= 0.6 is 0 Å². The van der Waals surface area contributed by atoms with E-state index in [1.807, 2.05) is 6.07 Å². The molecule has 0 atom stereocenters.